The third kappa shape index (κ3) is 4.40. The van der Waals surface area contributed by atoms with Gasteiger partial charge in [0.1, 0.15) is 6.04 Å². The SMILES string of the molecule is C[C@H](Nc1n[nH]c(=O)[nH]c1=O)C(=O)N/N=C\[C@H]1CC=CCC1. The molecule has 1 aromatic rings. The molecular formula is C13H18N6O3. The van der Waals surface area contributed by atoms with Gasteiger partial charge in [-0.15, -0.1) is 5.10 Å². The monoisotopic (exact) mass is 306 g/mol. The van der Waals surface area contributed by atoms with Crippen molar-refractivity contribution in [1.82, 2.24) is 20.6 Å². The summed E-state index contributed by atoms with van der Waals surface area (Å²) < 4.78 is 0. The minimum Gasteiger partial charge on any atom is -0.353 e. The van der Waals surface area contributed by atoms with Gasteiger partial charge in [0, 0.05) is 6.21 Å². The number of nitrogens with one attached hydrogen (secondary N) is 4. The highest BCUT2D eigenvalue weighted by Gasteiger charge is 2.15. The molecule has 1 aliphatic carbocycles. The number of carbonyl (C=O) groups excluding carboxylic acids is 1. The molecule has 1 heterocycles. The first-order valence-corrected chi connectivity index (χ1v) is 7.00. The van der Waals surface area contributed by atoms with Crippen LogP contribution in [0.15, 0.2) is 26.8 Å². The molecule has 0 saturated carbocycles. The molecule has 4 N–H and O–H groups in total. The summed E-state index contributed by atoms with van der Waals surface area (Å²) in [6, 6.07) is -0.733. The number of hydrogen-bond donors (Lipinski definition) is 4. The van der Waals surface area contributed by atoms with E-state index in [1.165, 1.54) is 0 Å². The van der Waals surface area contributed by atoms with Crippen LogP contribution in [0.2, 0.25) is 0 Å². The average molecular weight is 306 g/mol. The normalized spacial score (nSPS) is 19.0. The topological polar surface area (TPSA) is 132 Å². The second-order valence-electron chi connectivity index (χ2n) is 5.02. The van der Waals surface area contributed by atoms with Crippen molar-refractivity contribution in [3.8, 4) is 0 Å². The van der Waals surface area contributed by atoms with E-state index in [1.54, 1.807) is 13.1 Å². The van der Waals surface area contributed by atoms with Gasteiger partial charge in [-0.1, -0.05) is 12.2 Å². The molecule has 0 radical (unpaired) electrons. The molecule has 0 fully saturated rings. The van der Waals surface area contributed by atoms with Gasteiger partial charge >= 0.3 is 5.69 Å². The lowest BCUT2D eigenvalue weighted by molar-refractivity contribution is -0.121. The number of nitrogens with zero attached hydrogens (tertiary/aromatic N) is 2. The predicted octanol–water partition coefficient (Wildman–Crippen LogP) is -0.283. The Morgan fingerprint density at radius 1 is 1.50 bits per heavy atom. The summed E-state index contributed by atoms with van der Waals surface area (Å²) in [5, 5.41) is 12.2. The molecule has 2 rings (SSSR count). The summed E-state index contributed by atoms with van der Waals surface area (Å²) in [6.07, 6.45) is 8.90. The largest absolute Gasteiger partial charge is 0.353 e. The van der Waals surface area contributed by atoms with Crippen LogP contribution in [0.4, 0.5) is 5.82 Å². The van der Waals surface area contributed by atoms with Crippen LogP contribution in [0, 0.1) is 5.92 Å². The summed E-state index contributed by atoms with van der Waals surface area (Å²) in [6.45, 7) is 1.56. The Balaban J connectivity index is 1.86. The summed E-state index contributed by atoms with van der Waals surface area (Å²) in [4.78, 5) is 36.2. The number of aromatic amines is 2. The molecule has 9 nitrogen and oxygen atoms in total. The fraction of sp³-hybridized carbons (Fsp3) is 0.462. The summed E-state index contributed by atoms with van der Waals surface area (Å²) in [5.74, 6) is -0.212. The number of hydrazone groups is 1. The molecule has 0 saturated heterocycles. The number of aromatic nitrogens is 3. The standard InChI is InChI=1S/C13H18N6O3/c1-8(15-10-12(21)16-13(22)19-17-10)11(20)18-14-7-9-5-3-2-4-6-9/h2-3,7-9H,4-6H2,1H3,(H,15,17)(H,18,20)(H2,16,19,21,22)/b14-7-/t8-,9-/m0/s1. The van der Waals surface area contributed by atoms with Crippen LogP contribution >= 0.6 is 0 Å². The first kappa shape index (κ1) is 15.7. The Morgan fingerprint density at radius 2 is 2.32 bits per heavy atom. The molecule has 0 unspecified atom stereocenters. The Bertz CT molecular complexity index is 690. The first-order chi connectivity index (χ1) is 10.6. The third-order valence-electron chi connectivity index (χ3n) is 3.23. The summed E-state index contributed by atoms with van der Waals surface area (Å²) in [5.41, 5.74) is 1.01. The van der Waals surface area contributed by atoms with Gasteiger partial charge in [-0.25, -0.2) is 15.3 Å². The second kappa shape index (κ2) is 7.34. The Hall–Kier alpha value is -2.71. The lowest BCUT2D eigenvalue weighted by atomic mass is 9.96. The van der Waals surface area contributed by atoms with Gasteiger partial charge < -0.3 is 5.32 Å². The van der Waals surface area contributed by atoms with Crippen molar-refractivity contribution in [2.24, 2.45) is 11.0 Å². The van der Waals surface area contributed by atoms with E-state index in [2.05, 4.69) is 38.2 Å². The van der Waals surface area contributed by atoms with Crippen LogP contribution in [0.1, 0.15) is 26.2 Å². The van der Waals surface area contributed by atoms with Crippen LogP contribution < -0.4 is 22.0 Å². The maximum Gasteiger partial charge on any atom is 0.342 e. The molecule has 9 heteroatoms. The van der Waals surface area contributed by atoms with Crippen LogP contribution in [-0.4, -0.2) is 33.3 Å². The summed E-state index contributed by atoms with van der Waals surface area (Å²) >= 11 is 0. The highest BCUT2D eigenvalue weighted by Crippen LogP contribution is 2.15. The van der Waals surface area contributed by atoms with E-state index >= 15 is 0 Å². The maximum absolute atomic E-state index is 11.9. The molecule has 118 valence electrons. The van der Waals surface area contributed by atoms with Crippen molar-refractivity contribution >= 4 is 17.9 Å². The van der Waals surface area contributed by atoms with Crippen LogP contribution in [0.25, 0.3) is 0 Å². The van der Waals surface area contributed by atoms with Gasteiger partial charge in [0.15, 0.2) is 0 Å². The van der Waals surface area contributed by atoms with E-state index in [4.69, 9.17) is 0 Å². The molecule has 0 spiro atoms. The average Bonchev–Trinajstić information content (AvgIpc) is 2.51. The number of carbonyl (C=O) groups is 1. The highest BCUT2D eigenvalue weighted by atomic mass is 16.2. The van der Waals surface area contributed by atoms with E-state index in [9.17, 15) is 14.4 Å². The number of amides is 1. The Kier molecular flexibility index (Phi) is 5.23. The predicted molar refractivity (Wildman–Crippen MR) is 81.7 cm³/mol. The zero-order chi connectivity index (χ0) is 15.9. The number of allylic oxidation sites excluding steroid dienone is 2. The second-order valence-corrected chi connectivity index (χ2v) is 5.02. The Labute approximate surface area is 125 Å². The van der Waals surface area contributed by atoms with Gasteiger partial charge in [0.2, 0.25) is 5.82 Å². The van der Waals surface area contributed by atoms with Crippen molar-refractivity contribution in [2.75, 3.05) is 5.32 Å². The zero-order valence-electron chi connectivity index (χ0n) is 12.1. The molecule has 0 aliphatic heterocycles. The summed E-state index contributed by atoms with van der Waals surface area (Å²) in [7, 11) is 0. The molecule has 0 bridgehead atoms. The molecule has 22 heavy (non-hydrogen) atoms. The van der Waals surface area contributed by atoms with Crippen molar-refractivity contribution in [3.63, 3.8) is 0 Å². The molecule has 2 atom stereocenters. The minimum atomic E-state index is -0.733. The van der Waals surface area contributed by atoms with E-state index in [-0.39, 0.29) is 5.82 Å². The molecule has 0 aromatic carbocycles. The fourth-order valence-electron chi connectivity index (χ4n) is 1.97. The van der Waals surface area contributed by atoms with Crippen LogP contribution in [0.5, 0.6) is 0 Å². The maximum atomic E-state index is 11.9. The van der Waals surface area contributed by atoms with E-state index < -0.39 is 23.2 Å². The van der Waals surface area contributed by atoms with Gasteiger partial charge in [0.05, 0.1) is 0 Å². The minimum absolute atomic E-state index is 0.136. The lowest BCUT2D eigenvalue weighted by Crippen LogP contribution is -2.38. The van der Waals surface area contributed by atoms with Gasteiger partial charge in [0.25, 0.3) is 11.5 Å². The van der Waals surface area contributed by atoms with E-state index in [1.807, 2.05) is 4.98 Å². The van der Waals surface area contributed by atoms with Crippen LogP contribution in [-0.2, 0) is 4.79 Å². The fourth-order valence-corrected chi connectivity index (χ4v) is 1.97. The van der Waals surface area contributed by atoms with Gasteiger partial charge in [-0.05, 0) is 32.1 Å². The third-order valence-corrected chi connectivity index (χ3v) is 3.23. The number of rotatable bonds is 5. The molecule has 1 aliphatic rings. The zero-order valence-corrected chi connectivity index (χ0v) is 12.1. The highest BCUT2D eigenvalue weighted by molar-refractivity contribution is 5.84. The van der Waals surface area contributed by atoms with Gasteiger partial charge in [-0.2, -0.15) is 5.10 Å². The lowest BCUT2D eigenvalue weighted by Gasteiger charge is -2.13. The van der Waals surface area contributed by atoms with E-state index in [0.29, 0.717) is 5.92 Å². The van der Waals surface area contributed by atoms with Crippen molar-refractivity contribution in [1.29, 1.82) is 0 Å². The quantitative estimate of drug-likeness (QED) is 0.337. The van der Waals surface area contributed by atoms with Crippen molar-refractivity contribution < 1.29 is 4.79 Å². The molecule has 1 aromatic heterocycles. The number of H-pyrrole nitrogens is 2. The smallest absolute Gasteiger partial charge is 0.342 e. The van der Waals surface area contributed by atoms with Crippen molar-refractivity contribution in [2.45, 2.75) is 32.2 Å². The van der Waals surface area contributed by atoms with Crippen LogP contribution in [0.3, 0.4) is 0 Å². The number of hydrogen-bond acceptors (Lipinski definition) is 6. The van der Waals surface area contributed by atoms with E-state index in [0.717, 1.165) is 19.3 Å². The van der Waals surface area contributed by atoms with Crippen molar-refractivity contribution in [3.05, 3.63) is 33.0 Å². The molecule has 1 amide bonds. The van der Waals surface area contributed by atoms with Gasteiger partial charge in [-0.3, -0.25) is 14.6 Å². The molecular weight excluding hydrogens is 288 g/mol. The number of anilines is 1. The Morgan fingerprint density at radius 3 is 3.00 bits per heavy atom. The first-order valence-electron chi connectivity index (χ1n) is 7.00.